The van der Waals surface area contributed by atoms with Gasteiger partial charge in [-0.3, -0.25) is 0 Å². The maximum absolute atomic E-state index is 5.72. The molecule has 0 aliphatic rings. The van der Waals surface area contributed by atoms with E-state index in [1.807, 2.05) is 12.1 Å². The molecule has 0 N–H and O–H groups in total. The van der Waals surface area contributed by atoms with Crippen molar-refractivity contribution in [3.05, 3.63) is 29.3 Å². The van der Waals surface area contributed by atoms with Gasteiger partial charge in [0.1, 0.15) is 0 Å². The Morgan fingerprint density at radius 1 is 1.30 bits per heavy atom. The second-order valence-corrected chi connectivity index (χ2v) is 9.43. The van der Waals surface area contributed by atoms with Gasteiger partial charge in [-0.05, 0) is 0 Å². The average molecular weight is 324 g/mol. The number of hydrogen-bond donors (Lipinski definition) is 0. The van der Waals surface area contributed by atoms with Crippen molar-refractivity contribution < 1.29 is 0 Å². The molecule has 0 unspecified atom stereocenters. The molecule has 1 aromatic carbocycles. The zero-order valence-electron chi connectivity index (χ0n) is 5.27. The van der Waals surface area contributed by atoms with Crippen molar-refractivity contribution in [2.45, 2.75) is 0 Å². The van der Waals surface area contributed by atoms with E-state index < -0.39 is 0 Å². The molecule has 0 bridgehead atoms. The summed E-state index contributed by atoms with van der Waals surface area (Å²) in [7, 11) is 0. The van der Waals surface area contributed by atoms with E-state index in [9.17, 15) is 0 Å². The van der Waals surface area contributed by atoms with Crippen LogP contribution in [-0.2, 0) is 0 Å². The van der Waals surface area contributed by atoms with E-state index >= 15 is 0 Å². The SMILES string of the molecule is Clc1cc[c]([Sn][CH2]Br)cc1. The first kappa shape index (κ1) is 8.88. The molecule has 0 atom stereocenters. The van der Waals surface area contributed by atoms with Crippen molar-refractivity contribution in [1.29, 1.82) is 0 Å². The van der Waals surface area contributed by atoms with Crippen molar-refractivity contribution in [2.75, 3.05) is 3.35 Å². The Balaban J connectivity index is 2.69. The Morgan fingerprint density at radius 2 is 1.90 bits per heavy atom. The maximum atomic E-state index is 5.72. The van der Waals surface area contributed by atoms with Crippen LogP contribution in [-0.4, -0.2) is 24.5 Å². The van der Waals surface area contributed by atoms with Crippen molar-refractivity contribution in [3.8, 4) is 0 Å². The molecule has 52 valence electrons. The molecule has 0 aliphatic carbocycles. The van der Waals surface area contributed by atoms with Gasteiger partial charge in [0.25, 0.3) is 0 Å². The standard InChI is InChI=1S/C6H4Cl.CH2Br.Sn/c7-6-4-2-1-3-5-6;1-2;/h2-5H;1H2;. The summed E-state index contributed by atoms with van der Waals surface area (Å²) >= 11 is 8.86. The Morgan fingerprint density at radius 3 is 2.40 bits per heavy atom. The molecule has 10 heavy (non-hydrogen) atoms. The summed E-state index contributed by atoms with van der Waals surface area (Å²) in [5, 5.41) is 0.831. The number of benzene rings is 1. The third kappa shape index (κ3) is 2.80. The molecule has 1 rings (SSSR count). The van der Waals surface area contributed by atoms with Crippen molar-refractivity contribution >= 4 is 52.3 Å². The van der Waals surface area contributed by atoms with Crippen LogP contribution >= 0.6 is 27.5 Å². The molecule has 0 aromatic heterocycles. The van der Waals surface area contributed by atoms with Gasteiger partial charge in [-0.15, -0.1) is 0 Å². The van der Waals surface area contributed by atoms with Crippen LogP contribution in [0.1, 0.15) is 0 Å². The molecule has 0 fully saturated rings. The van der Waals surface area contributed by atoms with E-state index in [-0.39, 0.29) is 21.1 Å². The first-order chi connectivity index (χ1) is 4.83. The molecule has 0 amide bonds. The third-order valence-corrected chi connectivity index (χ3v) is 5.75. The summed E-state index contributed by atoms with van der Waals surface area (Å²) in [6.07, 6.45) is 0. The average Bonchev–Trinajstić information content (AvgIpc) is 1.95. The van der Waals surface area contributed by atoms with E-state index in [0.29, 0.717) is 0 Å². The molecular weight excluding hydrogens is 318 g/mol. The van der Waals surface area contributed by atoms with E-state index in [0.717, 1.165) is 5.02 Å². The summed E-state index contributed by atoms with van der Waals surface area (Å²) in [6.45, 7) is 0. The fraction of sp³-hybridized carbons (Fsp3) is 0.143. The van der Waals surface area contributed by atoms with Gasteiger partial charge in [-0.1, -0.05) is 0 Å². The Labute approximate surface area is 84.3 Å². The van der Waals surface area contributed by atoms with Gasteiger partial charge in [-0.2, -0.15) is 0 Å². The fourth-order valence-corrected chi connectivity index (χ4v) is 4.53. The van der Waals surface area contributed by atoms with Crippen LogP contribution in [0.15, 0.2) is 24.3 Å². The number of alkyl halides is 1. The van der Waals surface area contributed by atoms with Gasteiger partial charge in [0.05, 0.1) is 0 Å². The molecule has 0 saturated carbocycles. The second-order valence-electron chi connectivity index (χ2n) is 1.82. The van der Waals surface area contributed by atoms with Crippen molar-refractivity contribution in [1.82, 2.24) is 0 Å². The molecule has 2 radical (unpaired) electrons. The van der Waals surface area contributed by atoms with E-state index in [1.165, 1.54) is 6.93 Å². The molecule has 0 aliphatic heterocycles. The summed E-state index contributed by atoms with van der Waals surface area (Å²) in [4.78, 5) is 0. The minimum atomic E-state index is -0.311. The van der Waals surface area contributed by atoms with Crippen molar-refractivity contribution in [3.63, 3.8) is 0 Å². The molecule has 3 heteroatoms. The predicted molar refractivity (Wildman–Crippen MR) is 50.6 cm³/mol. The topological polar surface area (TPSA) is 0 Å². The van der Waals surface area contributed by atoms with Gasteiger partial charge in [-0.25, -0.2) is 0 Å². The normalized spacial score (nSPS) is 9.80. The Hall–Kier alpha value is 0.789. The van der Waals surface area contributed by atoms with Crippen LogP contribution in [0.3, 0.4) is 0 Å². The third-order valence-electron chi connectivity index (χ3n) is 1.12. The van der Waals surface area contributed by atoms with Crippen LogP contribution in [0.25, 0.3) is 0 Å². The summed E-state index contributed by atoms with van der Waals surface area (Å²) in [5.41, 5.74) is 0. The van der Waals surface area contributed by atoms with E-state index in [2.05, 4.69) is 28.1 Å². The monoisotopic (exact) mass is 324 g/mol. The minimum absolute atomic E-state index is 0.311. The number of rotatable bonds is 2. The van der Waals surface area contributed by atoms with Crippen molar-refractivity contribution in [2.24, 2.45) is 0 Å². The van der Waals surface area contributed by atoms with Gasteiger partial charge in [0.15, 0.2) is 0 Å². The molecular formula is C7H6BrClSn. The Kier molecular flexibility index (Phi) is 4.11. The van der Waals surface area contributed by atoms with Crippen LogP contribution in [0.5, 0.6) is 0 Å². The summed E-state index contributed by atoms with van der Waals surface area (Å²) < 4.78 is 2.67. The predicted octanol–water partition coefficient (Wildman–Crippen LogP) is 2.02. The van der Waals surface area contributed by atoms with Gasteiger partial charge in [0, 0.05) is 0 Å². The van der Waals surface area contributed by atoms with Gasteiger partial charge < -0.3 is 0 Å². The quantitative estimate of drug-likeness (QED) is 0.577. The van der Waals surface area contributed by atoms with Gasteiger partial charge in [0.2, 0.25) is 0 Å². The molecule has 1 aromatic rings. The van der Waals surface area contributed by atoms with Crippen LogP contribution < -0.4 is 3.58 Å². The van der Waals surface area contributed by atoms with E-state index in [1.54, 1.807) is 0 Å². The van der Waals surface area contributed by atoms with E-state index in [4.69, 9.17) is 11.6 Å². The zero-order valence-corrected chi connectivity index (χ0v) is 10.5. The molecule has 0 heterocycles. The first-order valence-electron chi connectivity index (χ1n) is 2.88. The molecule has 0 saturated heterocycles. The fourth-order valence-electron chi connectivity index (χ4n) is 0.645. The Bertz CT molecular complexity index is 197. The van der Waals surface area contributed by atoms with Crippen LogP contribution in [0.4, 0.5) is 0 Å². The number of hydrogen-bond acceptors (Lipinski definition) is 0. The number of halogens is 2. The molecule has 0 spiro atoms. The van der Waals surface area contributed by atoms with Gasteiger partial charge >= 0.3 is 84.9 Å². The molecule has 0 nitrogen and oxygen atoms in total. The van der Waals surface area contributed by atoms with Crippen LogP contribution in [0, 0.1) is 0 Å². The first-order valence-corrected chi connectivity index (χ1v) is 7.83. The summed E-state index contributed by atoms with van der Waals surface area (Å²) in [5.74, 6) is 0. The zero-order chi connectivity index (χ0) is 7.40. The second kappa shape index (κ2) is 4.62. The van der Waals surface area contributed by atoms with Crippen LogP contribution in [0.2, 0.25) is 5.02 Å². The summed E-state index contributed by atoms with van der Waals surface area (Å²) in [6, 6.07) is 8.16.